The number of carboxylic acid groups (broad SMARTS) is 1. The number of benzene rings is 1. The van der Waals surface area contributed by atoms with Crippen LogP contribution in [0.5, 0.6) is 5.75 Å². The van der Waals surface area contributed by atoms with E-state index in [-0.39, 0.29) is 12.5 Å². The van der Waals surface area contributed by atoms with Gasteiger partial charge in [0.15, 0.2) is 0 Å². The van der Waals surface area contributed by atoms with E-state index < -0.39 is 11.9 Å². The molecule has 0 saturated heterocycles. The van der Waals surface area contributed by atoms with Crippen LogP contribution in [0.4, 0.5) is 0 Å². The minimum absolute atomic E-state index is 0.151. The summed E-state index contributed by atoms with van der Waals surface area (Å²) in [5, 5.41) is 8.85. The minimum atomic E-state index is -0.927. The van der Waals surface area contributed by atoms with Crippen LogP contribution in [0, 0.1) is 5.92 Å². The van der Waals surface area contributed by atoms with E-state index >= 15 is 0 Å². The van der Waals surface area contributed by atoms with Gasteiger partial charge in [-0.2, -0.15) is 0 Å². The predicted molar refractivity (Wildman–Crippen MR) is 74.5 cm³/mol. The fraction of sp³-hybridized carbons (Fsp3) is 0.385. The molecule has 0 heterocycles. The highest BCUT2D eigenvalue weighted by Gasteiger charge is 2.20. The third-order valence-electron chi connectivity index (χ3n) is 2.72. The monoisotopic (exact) mass is 329 g/mol. The molecule has 0 bridgehead atoms. The summed E-state index contributed by atoms with van der Waals surface area (Å²) in [6.07, 6.45) is 0. The highest BCUT2D eigenvalue weighted by molar-refractivity contribution is 9.10. The fourth-order valence-electron chi connectivity index (χ4n) is 1.57. The lowest BCUT2D eigenvalue weighted by atomic mass is 10.1. The Morgan fingerprint density at radius 1 is 1.47 bits per heavy atom. The number of hydrogen-bond donors (Lipinski definition) is 1. The standard InChI is InChI=1S/C13H16BrNO4/c1-8(13(17)18)7-15(2)12(16)10-6-9(19-3)4-5-11(10)14/h4-6,8H,7H2,1-3H3,(H,17,18). The van der Waals surface area contributed by atoms with Crippen molar-refractivity contribution in [1.29, 1.82) is 0 Å². The molecule has 1 unspecified atom stereocenters. The molecule has 0 aromatic heterocycles. The Bertz CT molecular complexity index is 490. The number of aliphatic carboxylic acids is 1. The molecule has 1 rings (SSSR count). The van der Waals surface area contributed by atoms with Crippen LogP contribution in [-0.2, 0) is 4.79 Å². The van der Waals surface area contributed by atoms with E-state index in [9.17, 15) is 9.59 Å². The van der Waals surface area contributed by atoms with Crippen LogP contribution < -0.4 is 4.74 Å². The quantitative estimate of drug-likeness (QED) is 0.899. The van der Waals surface area contributed by atoms with Gasteiger partial charge in [-0.25, -0.2) is 0 Å². The number of amides is 1. The second kappa shape index (κ2) is 6.56. The molecule has 0 spiro atoms. The number of carbonyl (C=O) groups is 2. The van der Waals surface area contributed by atoms with Gasteiger partial charge < -0.3 is 14.7 Å². The maximum atomic E-state index is 12.2. The molecule has 0 aliphatic rings. The van der Waals surface area contributed by atoms with Crippen LogP contribution in [0.1, 0.15) is 17.3 Å². The zero-order valence-electron chi connectivity index (χ0n) is 11.0. The van der Waals surface area contributed by atoms with Crippen LogP contribution in [0.2, 0.25) is 0 Å². The zero-order chi connectivity index (χ0) is 14.6. The van der Waals surface area contributed by atoms with Crippen molar-refractivity contribution in [3.8, 4) is 5.75 Å². The molecule has 19 heavy (non-hydrogen) atoms. The van der Waals surface area contributed by atoms with Crippen LogP contribution >= 0.6 is 15.9 Å². The average Bonchev–Trinajstić information content (AvgIpc) is 2.38. The summed E-state index contributed by atoms with van der Waals surface area (Å²) in [7, 11) is 3.10. The third kappa shape index (κ3) is 3.96. The Labute approximate surface area is 120 Å². The van der Waals surface area contributed by atoms with Gasteiger partial charge in [-0.3, -0.25) is 9.59 Å². The number of carbonyl (C=O) groups excluding carboxylic acids is 1. The van der Waals surface area contributed by atoms with Crippen molar-refractivity contribution < 1.29 is 19.4 Å². The van der Waals surface area contributed by atoms with Gasteiger partial charge in [0.1, 0.15) is 5.75 Å². The van der Waals surface area contributed by atoms with Crippen molar-refractivity contribution in [1.82, 2.24) is 4.90 Å². The van der Waals surface area contributed by atoms with Gasteiger partial charge in [0.2, 0.25) is 0 Å². The first-order valence-electron chi connectivity index (χ1n) is 5.68. The molecular formula is C13H16BrNO4. The van der Waals surface area contributed by atoms with Gasteiger partial charge >= 0.3 is 5.97 Å². The number of ether oxygens (including phenoxy) is 1. The second-order valence-electron chi connectivity index (χ2n) is 4.27. The third-order valence-corrected chi connectivity index (χ3v) is 3.41. The summed E-state index contributed by atoms with van der Waals surface area (Å²) in [5.41, 5.74) is 0.444. The van der Waals surface area contributed by atoms with Crippen molar-refractivity contribution in [3.05, 3.63) is 28.2 Å². The Morgan fingerprint density at radius 3 is 2.63 bits per heavy atom. The first-order chi connectivity index (χ1) is 8.86. The first-order valence-corrected chi connectivity index (χ1v) is 6.48. The van der Waals surface area contributed by atoms with Crippen molar-refractivity contribution in [2.75, 3.05) is 20.7 Å². The molecule has 1 amide bonds. The van der Waals surface area contributed by atoms with E-state index in [1.54, 1.807) is 32.2 Å². The van der Waals surface area contributed by atoms with Crippen LogP contribution in [0.15, 0.2) is 22.7 Å². The van der Waals surface area contributed by atoms with Gasteiger partial charge in [0.25, 0.3) is 5.91 Å². The second-order valence-corrected chi connectivity index (χ2v) is 5.13. The predicted octanol–water partition coefficient (Wildman–Crippen LogP) is 2.25. The van der Waals surface area contributed by atoms with Crippen molar-refractivity contribution >= 4 is 27.8 Å². The van der Waals surface area contributed by atoms with Crippen LogP contribution in [0.25, 0.3) is 0 Å². The molecule has 0 saturated carbocycles. The zero-order valence-corrected chi connectivity index (χ0v) is 12.6. The van der Waals surface area contributed by atoms with E-state index in [1.165, 1.54) is 12.0 Å². The van der Waals surface area contributed by atoms with E-state index in [4.69, 9.17) is 9.84 Å². The summed E-state index contributed by atoms with van der Waals surface area (Å²) in [4.78, 5) is 24.4. The normalized spacial score (nSPS) is 11.8. The molecule has 0 radical (unpaired) electrons. The Hall–Kier alpha value is -1.56. The van der Waals surface area contributed by atoms with Crippen molar-refractivity contribution in [2.45, 2.75) is 6.92 Å². The first kappa shape index (κ1) is 15.5. The van der Waals surface area contributed by atoms with Crippen LogP contribution in [0.3, 0.4) is 0 Å². The number of hydrogen-bond acceptors (Lipinski definition) is 3. The highest BCUT2D eigenvalue weighted by atomic mass is 79.9. The molecule has 1 aromatic carbocycles. The van der Waals surface area contributed by atoms with Crippen molar-refractivity contribution in [2.24, 2.45) is 5.92 Å². The number of rotatable bonds is 5. The number of carboxylic acids is 1. The smallest absolute Gasteiger partial charge is 0.308 e. The molecule has 1 N–H and O–H groups in total. The van der Waals surface area contributed by atoms with E-state index in [0.29, 0.717) is 15.8 Å². The molecule has 104 valence electrons. The fourth-order valence-corrected chi connectivity index (χ4v) is 1.99. The Morgan fingerprint density at radius 2 is 2.11 bits per heavy atom. The lowest BCUT2D eigenvalue weighted by molar-refractivity contribution is -0.141. The van der Waals surface area contributed by atoms with Crippen molar-refractivity contribution in [3.63, 3.8) is 0 Å². The molecular weight excluding hydrogens is 314 g/mol. The summed E-state index contributed by atoms with van der Waals surface area (Å²) >= 11 is 3.30. The highest BCUT2D eigenvalue weighted by Crippen LogP contribution is 2.23. The number of nitrogens with zero attached hydrogens (tertiary/aromatic N) is 1. The summed E-state index contributed by atoms with van der Waals surface area (Å²) < 4.78 is 5.72. The van der Waals surface area contributed by atoms with Gasteiger partial charge in [-0.15, -0.1) is 0 Å². The molecule has 6 heteroatoms. The lowest BCUT2D eigenvalue weighted by Gasteiger charge is -2.20. The molecule has 1 aromatic rings. The molecule has 0 aliphatic carbocycles. The van der Waals surface area contributed by atoms with E-state index in [2.05, 4.69) is 15.9 Å². The molecule has 1 atom stereocenters. The summed E-state index contributed by atoms with van der Waals surface area (Å²) in [6.45, 7) is 1.71. The van der Waals surface area contributed by atoms with Gasteiger partial charge in [0.05, 0.1) is 18.6 Å². The maximum Gasteiger partial charge on any atom is 0.308 e. The minimum Gasteiger partial charge on any atom is -0.497 e. The average molecular weight is 330 g/mol. The Kier molecular flexibility index (Phi) is 5.35. The Balaban J connectivity index is 2.90. The number of methoxy groups -OCH3 is 1. The summed E-state index contributed by atoms with van der Waals surface area (Å²) in [5.74, 6) is -1.22. The topological polar surface area (TPSA) is 66.8 Å². The van der Waals surface area contributed by atoms with Crippen LogP contribution in [-0.4, -0.2) is 42.6 Å². The largest absolute Gasteiger partial charge is 0.497 e. The molecule has 0 aliphatic heterocycles. The van der Waals surface area contributed by atoms with E-state index in [0.717, 1.165) is 0 Å². The molecule has 5 nitrogen and oxygen atoms in total. The maximum absolute atomic E-state index is 12.2. The van der Waals surface area contributed by atoms with Gasteiger partial charge in [0, 0.05) is 18.1 Å². The SMILES string of the molecule is COc1ccc(Br)c(C(=O)N(C)CC(C)C(=O)O)c1. The van der Waals surface area contributed by atoms with Gasteiger partial charge in [-0.05, 0) is 34.1 Å². The summed E-state index contributed by atoms with van der Waals surface area (Å²) in [6, 6.07) is 5.08. The lowest BCUT2D eigenvalue weighted by Crippen LogP contribution is -2.33. The number of halogens is 1. The van der Waals surface area contributed by atoms with Gasteiger partial charge in [-0.1, -0.05) is 6.92 Å². The molecule has 0 fully saturated rings. The van der Waals surface area contributed by atoms with E-state index in [1.807, 2.05) is 0 Å².